The summed E-state index contributed by atoms with van der Waals surface area (Å²) in [6.45, 7) is 6.06. The number of ether oxygens (including phenoxy) is 1. The Morgan fingerprint density at radius 1 is 1.18 bits per heavy atom. The van der Waals surface area contributed by atoms with Crippen LogP contribution in [0.5, 0.6) is 0 Å². The Labute approximate surface area is 166 Å². The maximum atomic E-state index is 12.7. The Morgan fingerprint density at radius 3 is 2.82 bits per heavy atom. The Balaban J connectivity index is 1.38. The van der Waals surface area contributed by atoms with Gasteiger partial charge < -0.3 is 19.9 Å². The first kappa shape index (κ1) is 19.2. The molecule has 2 fully saturated rings. The molecule has 2 saturated heterocycles. The molecule has 0 saturated carbocycles. The van der Waals surface area contributed by atoms with E-state index in [1.54, 1.807) is 4.90 Å². The smallest absolute Gasteiger partial charge is 0.251 e. The van der Waals surface area contributed by atoms with Crippen LogP contribution in [0.3, 0.4) is 0 Å². The van der Waals surface area contributed by atoms with Crippen LogP contribution < -0.4 is 15.1 Å². The molecule has 0 bridgehead atoms. The van der Waals surface area contributed by atoms with Gasteiger partial charge in [-0.25, -0.2) is 0 Å². The van der Waals surface area contributed by atoms with E-state index in [4.69, 9.17) is 4.74 Å². The average Bonchev–Trinajstić information content (AvgIpc) is 2.75. The summed E-state index contributed by atoms with van der Waals surface area (Å²) in [5, 5.41) is 3.01. The monoisotopic (exact) mass is 386 g/mol. The van der Waals surface area contributed by atoms with Crippen molar-refractivity contribution in [3.63, 3.8) is 0 Å². The van der Waals surface area contributed by atoms with Crippen molar-refractivity contribution in [2.24, 2.45) is 0 Å². The summed E-state index contributed by atoms with van der Waals surface area (Å²) < 4.78 is 5.35. The van der Waals surface area contributed by atoms with Crippen molar-refractivity contribution in [1.82, 2.24) is 10.2 Å². The van der Waals surface area contributed by atoms with Gasteiger partial charge in [0, 0.05) is 38.8 Å². The summed E-state index contributed by atoms with van der Waals surface area (Å²) in [4.78, 5) is 31.6. The summed E-state index contributed by atoms with van der Waals surface area (Å²) in [6.07, 6.45) is 4.04. The lowest BCUT2D eigenvalue weighted by molar-refractivity contribution is -0.120. The molecule has 0 aromatic heterocycles. The van der Waals surface area contributed by atoms with Gasteiger partial charge in [-0.1, -0.05) is 0 Å². The average molecular weight is 386 g/mol. The van der Waals surface area contributed by atoms with Gasteiger partial charge in [-0.15, -0.1) is 0 Å². The van der Waals surface area contributed by atoms with E-state index in [-0.39, 0.29) is 17.9 Å². The predicted octanol–water partition coefficient (Wildman–Crippen LogP) is 1.47. The number of benzene rings is 1. The second kappa shape index (κ2) is 8.49. The summed E-state index contributed by atoms with van der Waals surface area (Å²) in [5.74, 6) is 0.0571. The van der Waals surface area contributed by atoms with Crippen molar-refractivity contribution in [2.75, 3.05) is 62.8 Å². The molecule has 1 unspecified atom stereocenters. The summed E-state index contributed by atoms with van der Waals surface area (Å²) in [6, 6.07) is 5.69. The van der Waals surface area contributed by atoms with E-state index in [0.29, 0.717) is 12.1 Å². The highest BCUT2D eigenvalue weighted by atomic mass is 16.5. The molecule has 3 aliphatic heterocycles. The van der Waals surface area contributed by atoms with Gasteiger partial charge in [0.2, 0.25) is 5.91 Å². The number of nitrogens with one attached hydrogen (secondary N) is 1. The number of piperidine rings is 1. The molecule has 1 atom stereocenters. The number of amides is 2. The van der Waals surface area contributed by atoms with Gasteiger partial charge in [0.05, 0.1) is 24.6 Å². The first-order valence-corrected chi connectivity index (χ1v) is 10.4. The second-order valence-corrected chi connectivity index (χ2v) is 7.87. The zero-order valence-electron chi connectivity index (χ0n) is 16.7. The van der Waals surface area contributed by atoms with Gasteiger partial charge in [0.1, 0.15) is 6.04 Å². The minimum absolute atomic E-state index is 0.0499. The van der Waals surface area contributed by atoms with Gasteiger partial charge in [0.25, 0.3) is 5.91 Å². The van der Waals surface area contributed by atoms with Crippen molar-refractivity contribution < 1.29 is 14.3 Å². The number of hydrogen-bond donors (Lipinski definition) is 1. The lowest BCUT2D eigenvalue weighted by Crippen LogP contribution is -2.54. The van der Waals surface area contributed by atoms with Crippen molar-refractivity contribution in [2.45, 2.75) is 31.7 Å². The van der Waals surface area contributed by atoms with Crippen LogP contribution in [0.15, 0.2) is 18.2 Å². The number of anilines is 2. The molecule has 0 radical (unpaired) electrons. The molecule has 1 N–H and O–H groups in total. The van der Waals surface area contributed by atoms with Gasteiger partial charge in [-0.3, -0.25) is 14.5 Å². The molecule has 7 heteroatoms. The van der Waals surface area contributed by atoms with Gasteiger partial charge in [0.15, 0.2) is 0 Å². The van der Waals surface area contributed by atoms with Crippen LogP contribution in [0.25, 0.3) is 0 Å². The SMILES string of the molecule is CN1C(=O)C2CCCCN2c2ccc(C(=O)NCCCN3CCOCC3)cc21. The van der Waals surface area contributed by atoms with E-state index in [1.165, 1.54) is 0 Å². The number of rotatable bonds is 5. The van der Waals surface area contributed by atoms with E-state index in [9.17, 15) is 9.59 Å². The molecule has 3 aliphatic rings. The summed E-state index contributed by atoms with van der Waals surface area (Å²) in [7, 11) is 1.82. The molecule has 0 spiro atoms. The molecule has 152 valence electrons. The third-order valence-electron chi connectivity index (χ3n) is 6.07. The number of morpholine rings is 1. The minimum atomic E-state index is -0.0774. The van der Waals surface area contributed by atoms with Crippen LogP contribution in [0.1, 0.15) is 36.0 Å². The van der Waals surface area contributed by atoms with E-state index >= 15 is 0 Å². The topological polar surface area (TPSA) is 65.1 Å². The normalized spacial score (nSPS) is 22.6. The predicted molar refractivity (Wildman–Crippen MR) is 109 cm³/mol. The second-order valence-electron chi connectivity index (χ2n) is 7.87. The van der Waals surface area contributed by atoms with Crippen molar-refractivity contribution in [3.05, 3.63) is 23.8 Å². The lowest BCUT2D eigenvalue weighted by atomic mass is 9.96. The highest BCUT2D eigenvalue weighted by Gasteiger charge is 2.37. The Bertz CT molecular complexity index is 732. The number of fused-ring (bicyclic) bond motifs is 3. The quantitative estimate of drug-likeness (QED) is 0.777. The van der Waals surface area contributed by atoms with Crippen LogP contribution in [0, 0.1) is 0 Å². The van der Waals surface area contributed by atoms with Crippen molar-refractivity contribution >= 4 is 23.2 Å². The van der Waals surface area contributed by atoms with E-state index in [2.05, 4.69) is 15.1 Å². The Kier molecular flexibility index (Phi) is 5.82. The molecule has 7 nitrogen and oxygen atoms in total. The number of hydrogen-bond acceptors (Lipinski definition) is 5. The van der Waals surface area contributed by atoms with Crippen molar-refractivity contribution in [1.29, 1.82) is 0 Å². The highest BCUT2D eigenvalue weighted by molar-refractivity contribution is 6.07. The Hall–Kier alpha value is -2.12. The Morgan fingerprint density at radius 2 is 2.00 bits per heavy atom. The third-order valence-corrected chi connectivity index (χ3v) is 6.07. The fourth-order valence-electron chi connectivity index (χ4n) is 4.43. The van der Waals surface area contributed by atoms with E-state index in [1.807, 2.05) is 25.2 Å². The number of carbonyl (C=O) groups excluding carboxylic acids is 2. The van der Waals surface area contributed by atoms with Gasteiger partial charge in [-0.2, -0.15) is 0 Å². The van der Waals surface area contributed by atoms with Crippen LogP contribution >= 0.6 is 0 Å². The standard InChI is InChI=1S/C21H30N4O3/c1-23-19-15-16(20(26)22-8-4-9-24-11-13-28-14-12-24)6-7-17(19)25-10-3-2-5-18(25)21(23)27/h6-7,15,18H,2-5,8-14H2,1H3,(H,22,26). The minimum Gasteiger partial charge on any atom is -0.379 e. The number of likely N-dealkylation sites (N-methyl/N-ethyl adjacent to an activating group) is 1. The fourth-order valence-corrected chi connectivity index (χ4v) is 4.43. The maximum Gasteiger partial charge on any atom is 0.251 e. The number of carbonyl (C=O) groups is 2. The molecule has 0 aliphatic carbocycles. The van der Waals surface area contributed by atoms with Crippen LogP contribution in [-0.2, 0) is 9.53 Å². The largest absolute Gasteiger partial charge is 0.379 e. The molecular weight excluding hydrogens is 356 g/mol. The van der Waals surface area contributed by atoms with Crippen LogP contribution in [0.4, 0.5) is 11.4 Å². The first-order chi connectivity index (χ1) is 13.6. The zero-order valence-corrected chi connectivity index (χ0v) is 16.7. The number of nitrogens with zero attached hydrogens (tertiary/aromatic N) is 3. The van der Waals surface area contributed by atoms with E-state index < -0.39 is 0 Å². The molecule has 2 amide bonds. The van der Waals surface area contributed by atoms with E-state index in [0.717, 1.165) is 76.5 Å². The lowest BCUT2D eigenvalue weighted by Gasteiger charge is -2.44. The maximum absolute atomic E-state index is 12.7. The van der Waals surface area contributed by atoms with Crippen LogP contribution in [0.2, 0.25) is 0 Å². The van der Waals surface area contributed by atoms with Gasteiger partial charge >= 0.3 is 0 Å². The van der Waals surface area contributed by atoms with Gasteiger partial charge in [-0.05, 0) is 50.4 Å². The molecule has 4 rings (SSSR count). The van der Waals surface area contributed by atoms with Crippen molar-refractivity contribution in [3.8, 4) is 0 Å². The third kappa shape index (κ3) is 3.86. The molecule has 1 aromatic rings. The van der Waals surface area contributed by atoms with Crippen LogP contribution in [-0.4, -0.2) is 75.7 Å². The molecule has 28 heavy (non-hydrogen) atoms. The molecule has 1 aromatic carbocycles. The summed E-state index contributed by atoms with van der Waals surface area (Å²) in [5.41, 5.74) is 2.51. The fraction of sp³-hybridized carbons (Fsp3) is 0.619. The first-order valence-electron chi connectivity index (χ1n) is 10.4. The molecule has 3 heterocycles. The molecular formula is C21H30N4O3. The summed E-state index contributed by atoms with van der Waals surface area (Å²) >= 11 is 0. The highest BCUT2D eigenvalue weighted by Crippen LogP contribution is 2.39. The zero-order chi connectivity index (χ0) is 19.5.